The van der Waals surface area contributed by atoms with E-state index in [0.29, 0.717) is 6.42 Å². The van der Waals surface area contributed by atoms with Crippen LogP contribution in [0.1, 0.15) is 25.7 Å². The lowest BCUT2D eigenvalue weighted by atomic mass is 10.1. The van der Waals surface area contributed by atoms with Gasteiger partial charge in [-0.15, -0.1) is 11.3 Å². The molecule has 3 rings (SSSR count). The minimum atomic E-state index is 0.205. The molecule has 0 aliphatic carbocycles. The number of methoxy groups -OCH3 is 1. The molecule has 0 saturated heterocycles. The number of aryl methyl sites for hydroxylation is 1. The largest absolute Gasteiger partial charge is 0.496 e. The highest BCUT2D eigenvalue weighted by molar-refractivity contribution is 9.10. The van der Waals surface area contributed by atoms with Gasteiger partial charge in [0.15, 0.2) is 5.78 Å². The number of fused-ring (bicyclic) bond motifs is 1. The first kappa shape index (κ1) is 15.1. The van der Waals surface area contributed by atoms with Gasteiger partial charge in [0.05, 0.1) is 16.5 Å². The Kier molecular flexibility index (Phi) is 4.72. The van der Waals surface area contributed by atoms with E-state index < -0.39 is 0 Å². The molecule has 2 aromatic rings. The number of halogens is 1. The molecule has 0 spiro atoms. The fourth-order valence-corrected chi connectivity index (χ4v) is 5.27. The highest BCUT2D eigenvalue weighted by Crippen LogP contribution is 2.32. The first-order chi connectivity index (χ1) is 10.2. The lowest BCUT2D eigenvalue weighted by Gasteiger charge is -2.08. The quantitative estimate of drug-likeness (QED) is 0.714. The second kappa shape index (κ2) is 6.55. The summed E-state index contributed by atoms with van der Waals surface area (Å²) in [5.41, 5.74) is 2.36. The zero-order valence-corrected chi connectivity index (χ0v) is 14.9. The van der Waals surface area contributed by atoms with E-state index in [1.165, 1.54) is 16.2 Å². The molecule has 0 N–H and O–H groups in total. The minimum absolute atomic E-state index is 0.205. The molecule has 0 unspecified atom stereocenters. The van der Waals surface area contributed by atoms with E-state index in [1.807, 2.05) is 30.0 Å². The molecule has 0 atom stereocenters. The monoisotopic (exact) mass is 382 g/mol. The Hall–Kier alpha value is -0.780. The second-order valence-electron chi connectivity index (χ2n) is 4.93. The van der Waals surface area contributed by atoms with Crippen molar-refractivity contribution in [3.8, 4) is 5.75 Å². The molecule has 2 heterocycles. The molecule has 1 aliphatic heterocycles. The van der Waals surface area contributed by atoms with Gasteiger partial charge in [-0.3, -0.25) is 4.79 Å². The number of hydrogen-bond donors (Lipinski definition) is 0. The molecule has 0 radical (unpaired) electrons. The number of ketones is 1. The Morgan fingerprint density at radius 2 is 2.24 bits per heavy atom. The minimum Gasteiger partial charge on any atom is -0.496 e. The van der Waals surface area contributed by atoms with Gasteiger partial charge in [0.25, 0.3) is 0 Å². The van der Waals surface area contributed by atoms with Crippen LogP contribution < -0.4 is 4.74 Å². The topological polar surface area (TPSA) is 26.3 Å². The molecule has 110 valence electrons. The molecule has 0 fully saturated rings. The SMILES string of the molecule is COc1ccc(CC(=O)c2cc3c(s2)CCSC3)cc1Br. The van der Waals surface area contributed by atoms with Crippen molar-refractivity contribution < 1.29 is 9.53 Å². The molecule has 5 heteroatoms. The predicted octanol–water partition coefficient (Wildman–Crippen LogP) is 4.73. The number of carbonyl (C=O) groups excluding carboxylic acids is 1. The molecular weight excluding hydrogens is 368 g/mol. The third-order valence-corrected chi connectivity index (χ3v) is 6.39. The summed E-state index contributed by atoms with van der Waals surface area (Å²) in [6.07, 6.45) is 1.54. The molecule has 1 aliphatic rings. The molecule has 21 heavy (non-hydrogen) atoms. The summed E-state index contributed by atoms with van der Waals surface area (Å²) in [5, 5.41) is 0. The van der Waals surface area contributed by atoms with Crippen LogP contribution in [-0.2, 0) is 18.6 Å². The molecule has 0 amide bonds. The van der Waals surface area contributed by atoms with Crippen molar-refractivity contribution in [1.29, 1.82) is 0 Å². The van der Waals surface area contributed by atoms with Gasteiger partial charge < -0.3 is 4.74 Å². The lowest BCUT2D eigenvalue weighted by molar-refractivity contribution is 0.0996. The molecule has 1 aromatic heterocycles. The van der Waals surface area contributed by atoms with Crippen molar-refractivity contribution in [2.24, 2.45) is 0 Å². The van der Waals surface area contributed by atoms with E-state index in [1.54, 1.807) is 18.4 Å². The van der Waals surface area contributed by atoms with Crippen LogP contribution in [0.2, 0.25) is 0 Å². The highest BCUT2D eigenvalue weighted by Gasteiger charge is 2.18. The van der Waals surface area contributed by atoms with Crippen LogP contribution in [0.4, 0.5) is 0 Å². The Labute approximate surface area is 141 Å². The number of carbonyl (C=O) groups is 1. The number of thioether (sulfide) groups is 1. The summed E-state index contributed by atoms with van der Waals surface area (Å²) in [4.78, 5) is 14.7. The average Bonchev–Trinajstić information content (AvgIpc) is 2.91. The fraction of sp³-hybridized carbons (Fsp3) is 0.312. The first-order valence-corrected chi connectivity index (χ1v) is 9.48. The van der Waals surface area contributed by atoms with Crippen LogP contribution >= 0.6 is 39.0 Å². The number of rotatable bonds is 4. The third-order valence-electron chi connectivity index (χ3n) is 3.48. The summed E-state index contributed by atoms with van der Waals surface area (Å²) in [6.45, 7) is 0. The van der Waals surface area contributed by atoms with Crippen LogP contribution in [0.3, 0.4) is 0 Å². The number of hydrogen-bond acceptors (Lipinski definition) is 4. The van der Waals surface area contributed by atoms with E-state index >= 15 is 0 Å². The van der Waals surface area contributed by atoms with Gasteiger partial charge in [0.1, 0.15) is 5.75 Å². The van der Waals surface area contributed by atoms with Crippen LogP contribution in [0.25, 0.3) is 0 Å². The van der Waals surface area contributed by atoms with Gasteiger partial charge in [-0.1, -0.05) is 6.07 Å². The normalized spacial score (nSPS) is 13.8. The Bertz CT molecular complexity index is 655. The van der Waals surface area contributed by atoms with E-state index in [-0.39, 0.29) is 5.78 Å². The van der Waals surface area contributed by atoms with Crippen molar-refractivity contribution in [3.63, 3.8) is 0 Å². The zero-order valence-electron chi connectivity index (χ0n) is 11.6. The van der Waals surface area contributed by atoms with Gasteiger partial charge in [-0.25, -0.2) is 0 Å². The first-order valence-electron chi connectivity index (χ1n) is 6.72. The number of Topliss-reactive ketones (excluding diaryl/α,β-unsaturated/α-hetero) is 1. The van der Waals surface area contributed by atoms with E-state index in [4.69, 9.17) is 4.74 Å². The van der Waals surface area contributed by atoms with Gasteiger partial charge >= 0.3 is 0 Å². The molecular formula is C16H15BrO2S2. The summed E-state index contributed by atoms with van der Waals surface area (Å²) in [7, 11) is 1.64. The maximum absolute atomic E-state index is 12.5. The molecule has 0 bridgehead atoms. The number of benzene rings is 1. The summed E-state index contributed by atoms with van der Waals surface area (Å²) in [6, 6.07) is 7.89. The van der Waals surface area contributed by atoms with Crippen molar-refractivity contribution in [2.75, 3.05) is 12.9 Å². The standard InChI is InChI=1S/C16H15BrO2S2/c1-19-14-3-2-10(6-12(14)17)7-13(18)16-8-11-9-20-5-4-15(11)21-16/h2-3,6,8H,4-5,7,9H2,1H3. The fourth-order valence-electron chi connectivity index (χ4n) is 2.38. The van der Waals surface area contributed by atoms with Gasteiger partial charge in [-0.2, -0.15) is 11.8 Å². The van der Waals surface area contributed by atoms with Gasteiger partial charge in [0, 0.05) is 17.1 Å². The van der Waals surface area contributed by atoms with Gasteiger partial charge in [0.2, 0.25) is 0 Å². The van der Waals surface area contributed by atoms with Crippen LogP contribution in [0.5, 0.6) is 5.75 Å². The molecule has 0 saturated carbocycles. The van der Waals surface area contributed by atoms with Crippen molar-refractivity contribution in [1.82, 2.24) is 0 Å². The van der Waals surface area contributed by atoms with E-state index in [0.717, 1.165) is 32.8 Å². The summed E-state index contributed by atoms with van der Waals surface area (Å²) < 4.78 is 6.10. The van der Waals surface area contributed by atoms with Crippen LogP contribution in [-0.4, -0.2) is 18.6 Å². The average molecular weight is 383 g/mol. The molecule has 2 nitrogen and oxygen atoms in total. The summed E-state index contributed by atoms with van der Waals surface area (Å²) in [5.74, 6) is 3.21. The number of ether oxygens (including phenoxy) is 1. The van der Waals surface area contributed by atoms with E-state index in [2.05, 4.69) is 22.0 Å². The maximum atomic E-state index is 12.5. The highest BCUT2D eigenvalue weighted by atomic mass is 79.9. The predicted molar refractivity (Wildman–Crippen MR) is 92.9 cm³/mol. The lowest BCUT2D eigenvalue weighted by Crippen LogP contribution is -2.01. The van der Waals surface area contributed by atoms with E-state index in [9.17, 15) is 4.79 Å². The van der Waals surface area contributed by atoms with Crippen molar-refractivity contribution in [2.45, 2.75) is 18.6 Å². The van der Waals surface area contributed by atoms with Crippen molar-refractivity contribution in [3.05, 3.63) is 49.6 Å². The number of thiophene rings is 1. The Morgan fingerprint density at radius 3 is 2.95 bits per heavy atom. The smallest absolute Gasteiger partial charge is 0.177 e. The summed E-state index contributed by atoms with van der Waals surface area (Å²) >= 11 is 7.09. The van der Waals surface area contributed by atoms with Gasteiger partial charge in [-0.05, 0) is 57.4 Å². The van der Waals surface area contributed by atoms with Crippen LogP contribution in [0.15, 0.2) is 28.7 Å². The molecule has 1 aromatic carbocycles. The Morgan fingerprint density at radius 1 is 1.38 bits per heavy atom. The van der Waals surface area contributed by atoms with Crippen LogP contribution in [0, 0.1) is 0 Å². The third kappa shape index (κ3) is 3.35. The second-order valence-corrected chi connectivity index (χ2v) is 8.03. The Balaban J connectivity index is 1.77. The zero-order chi connectivity index (χ0) is 14.8. The maximum Gasteiger partial charge on any atom is 0.177 e. The van der Waals surface area contributed by atoms with Crippen molar-refractivity contribution >= 4 is 44.8 Å².